The Labute approximate surface area is 93.6 Å². The minimum atomic E-state index is -0.000903. The Kier molecular flexibility index (Phi) is 4.04. The molecule has 15 heavy (non-hydrogen) atoms. The number of ether oxygens (including phenoxy) is 1. The highest BCUT2D eigenvalue weighted by Crippen LogP contribution is 2.27. The van der Waals surface area contributed by atoms with E-state index in [-0.39, 0.29) is 5.54 Å². The van der Waals surface area contributed by atoms with E-state index in [1.807, 2.05) is 0 Å². The molecule has 0 heterocycles. The van der Waals surface area contributed by atoms with Crippen molar-refractivity contribution in [1.29, 1.82) is 0 Å². The summed E-state index contributed by atoms with van der Waals surface area (Å²) in [5.41, 5.74) is 6.41. The summed E-state index contributed by atoms with van der Waals surface area (Å²) in [6.07, 6.45) is 13.4. The normalized spacial score (nSPS) is 27.8. The van der Waals surface area contributed by atoms with Gasteiger partial charge in [-0.25, -0.2) is 0 Å². The SMILES string of the molecule is NC1(COC2CCCC2)CCCCCC1. The highest BCUT2D eigenvalue weighted by Gasteiger charge is 2.28. The van der Waals surface area contributed by atoms with Gasteiger partial charge in [0.15, 0.2) is 0 Å². The average molecular weight is 211 g/mol. The van der Waals surface area contributed by atoms with Crippen molar-refractivity contribution >= 4 is 0 Å². The summed E-state index contributed by atoms with van der Waals surface area (Å²) in [7, 11) is 0. The van der Waals surface area contributed by atoms with E-state index in [0.29, 0.717) is 6.10 Å². The second-order valence-electron chi connectivity index (χ2n) is 5.49. The molecule has 0 aromatic heterocycles. The molecule has 0 unspecified atom stereocenters. The molecule has 0 aromatic carbocycles. The van der Waals surface area contributed by atoms with Crippen molar-refractivity contribution < 1.29 is 4.74 Å². The van der Waals surface area contributed by atoms with Crippen LogP contribution in [-0.2, 0) is 4.74 Å². The summed E-state index contributed by atoms with van der Waals surface area (Å²) in [5.74, 6) is 0. The second kappa shape index (κ2) is 5.31. The topological polar surface area (TPSA) is 35.2 Å². The standard InChI is InChI=1S/C13H25NO/c14-13(9-5-1-2-6-10-13)11-15-12-7-3-4-8-12/h12H,1-11,14H2. The maximum atomic E-state index is 6.41. The molecular formula is C13H25NO. The molecule has 2 heteroatoms. The fourth-order valence-electron chi connectivity index (χ4n) is 2.92. The number of hydrogen-bond donors (Lipinski definition) is 1. The van der Waals surface area contributed by atoms with Gasteiger partial charge in [-0.2, -0.15) is 0 Å². The minimum absolute atomic E-state index is 0.000903. The van der Waals surface area contributed by atoms with Gasteiger partial charge in [0.25, 0.3) is 0 Å². The molecule has 0 bridgehead atoms. The number of hydrogen-bond acceptors (Lipinski definition) is 2. The van der Waals surface area contributed by atoms with Crippen LogP contribution in [0.5, 0.6) is 0 Å². The molecule has 2 saturated carbocycles. The van der Waals surface area contributed by atoms with Crippen molar-refractivity contribution in [1.82, 2.24) is 0 Å². The van der Waals surface area contributed by atoms with Gasteiger partial charge in [-0.1, -0.05) is 38.5 Å². The van der Waals surface area contributed by atoms with Crippen LogP contribution in [0.15, 0.2) is 0 Å². The lowest BCUT2D eigenvalue weighted by atomic mass is 9.92. The molecule has 0 amide bonds. The zero-order valence-corrected chi connectivity index (χ0v) is 9.84. The quantitative estimate of drug-likeness (QED) is 0.728. The molecule has 2 aliphatic carbocycles. The molecule has 0 aliphatic heterocycles. The lowest BCUT2D eigenvalue weighted by Crippen LogP contribution is -2.44. The Balaban J connectivity index is 1.75. The third-order valence-electron chi connectivity index (χ3n) is 4.01. The predicted molar refractivity (Wildman–Crippen MR) is 62.8 cm³/mol. The van der Waals surface area contributed by atoms with Gasteiger partial charge in [0.1, 0.15) is 0 Å². The highest BCUT2D eigenvalue weighted by atomic mass is 16.5. The van der Waals surface area contributed by atoms with Gasteiger partial charge in [-0.05, 0) is 25.7 Å². The van der Waals surface area contributed by atoms with E-state index >= 15 is 0 Å². The van der Waals surface area contributed by atoms with Gasteiger partial charge in [0.2, 0.25) is 0 Å². The first-order valence-electron chi connectivity index (χ1n) is 6.69. The maximum Gasteiger partial charge on any atom is 0.0649 e. The fourth-order valence-corrected chi connectivity index (χ4v) is 2.92. The number of rotatable bonds is 3. The Morgan fingerprint density at radius 1 is 0.933 bits per heavy atom. The van der Waals surface area contributed by atoms with E-state index in [1.54, 1.807) is 0 Å². The molecule has 0 radical (unpaired) electrons. The predicted octanol–water partition coefficient (Wildman–Crippen LogP) is 3.00. The molecule has 88 valence electrons. The molecule has 0 saturated heterocycles. The van der Waals surface area contributed by atoms with Gasteiger partial charge >= 0.3 is 0 Å². The van der Waals surface area contributed by atoms with E-state index in [1.165, 1.54) is 64.2 Å². The Hall–Kier alpha value is -0.0800. The van der Waals surface area contributed by atoms with Crippen LogP contribution in [0.25, 0.3) is 0 Å². The molecule has 2 rings (SSSR count). The smallest absolute Gasteiger partial charge is 0.0649 e. The highest BCUT2D eigenvalue weighted by molar-refractivity contribution is 4.86. The van der Waals surface area contributed by atoms with E-state index in [4.69, 9.17) is 10.5 Å². The van der Waals surface area contributed by atoms with Crippen LogP contribution in [-0.4, -0.2) is 18.2 Å². The van der Waals surface area contributed by atoms with E-state index in [2.05, 4.69) is 0 Å². The monoisotopic (exact) mass is 211 g/mol. The van der Waals surface area contributed by atoms with Gasteiger partial charge in [-0.3, -0.25) is 0 Å². The zero-order chi connectivity index (χ0) is 10.6. The summed E-state index contributed by atoms with van der Waals surface area (Å²) in [5, 5.41) is 0. The Morgan fingerprint density at radius 3 is 2.13 bits per heavy atom. The molecule has 2 nitrogen and oxygen atoms in total. The second-order valence-corrected chi connectivity index (χ2v) is 5.49. The van der Waals surface area contributed by atoms with Crippen LogP contribution in [0.3, 0.4) is 0 Å². The number of nitrogens with two attached hydrogens (primary N) is 1. The Bertz CT molecular complexity index is 179. The van der Waals surface area contributed by atoms with Crippen LogP contribution >= 0.6 is 0 Å². The van der Waals surface area contributed by atoms with E-state index in [0.717, 1.165) is 6.61 Å². The van der Waals surface area contributed by atoms with Gasteiger partial charge in [0, 0.05) is 5.54 Å². The largest absolute Gasteiger partial charge is 0.376 e. The van der Waals surface area contributed by atoms with Gasteiger partial charge in [0.05, 0.1) is 12.7 Å². The summed E-state index contributed by atoms with van der Waals surface area (Å²) in [4.78, 5) is 0. The molecule has 0 atom stereocenters. The summed E-state index contributed by atoms with van der Waals surface area (Å²) >= 11 is 0. The van der Waals surface area contributed by atoms with Crippen LogP contribution in [0.1, 0.15) is 64.2 Å². The lowest BCUT2D eigenvalue weighted by molar-refractivity contribution is 0.0193. The molecule has 2 N–H and O–H groups in total. The summed E-state index contributed by atoms with van der Waals surface area (Å²) in [6.45, 7) is 0.803. The molecule has 0 aromatic rings. The van der Waals surface area contributed by atoms with Crippen LogP contribution < -0.4 is 5.73 Å². The van der Waals surface area contributed by atoms with Crippen molar-refractivity contribution in [3.8, 4) is 0 Å². The van der Waals surface area contributed by atoms with Gasteiger partial charge < -0.3 is 10.5 Å². The maximum absolute atomic E-state index is 6.41. The van der Waals surface area contributed by atoms with Crippen LogP contribution in [0, 0.1) is 0 Å². The van der Waals surface area contributed by atoms with Gasteiger partial charge in [-0.15, -0.1) is 0 Å². The van der Waals surface area contributed by atoms with Crippen LogP contribution in [0.2, 0.25) is 0 Å². The first kappa shape index (κ1) is 11.4. The third-order valence-corrected chi connectivity index (χ3v) is 4.01. The van der Waals surface area contributed by atoms with Crippen molar-refractivity contribution in [3.63, 3.8) is 0 Å². The summed E-state index contributed by atoms with van der Waals surface area (Å²) in [6, 6.07) is 0. The van der Waals surface area contributed by atoms with E-state index < -0.39 is 0 Å². The molecule has 2 fully saturated rings. The van der Waals surface area contributed by atoms with Crippen LogP contribution in [0.4, 0.5) is 0 Å². The molecular weight excluding hydrogens is 186 g/mol. The minimum Gasteiger partial charge on any atom is -0.376 e. The fraction of sp³-hybridized carbons (Fsp3) is 1.00. The molecule has 0 spiro atoms. The molecule has 2 aliphatic rings. The first-order valence-corrected chi connectivity index (χ1v) is 6.69. The van der Waals surface area contributed by atoms with Crippen molar-refractivity contribution in [2.45, 2.75) is 75.9 Å². The van der Waals surface area contributed by atoms with Crippen molar-refractivity contribution in [2.24, 2.45) is 5.73 Å². The first-order chi connectivity index (χ1) is 7.29. The average Bonchev–Trinajstić information content (AvgIpc) is 2.65. The third kappa shape index (κ3) is 3.46. The Morgan fingerprint density at radius 2 is 1.53 bits per heavy atom. The van der Waals surface area contributed by atoms with Crippen molar-refractivity contribution in [3.05, 3.63) is 0 Å². The van der Waals surface area contributed by atoms with Crippen molar-refractivity contribution in [2.75, 3.05) is 6.61 Å². The van der Waals surface area contributed by atoms with E-state index in [9.17, 15) is 0 Å². The zero-order valence-electron chi connectivity index (χ0n) is 9.84. The lowest BCUT2D eigenvalue weighted by Gasteiger charge is -2.29. The summed E-state index contributed by atoms with van der Waals surface area (Å²) < 4.78 is 5.98.